The van der Waals surface area contributed by atoms with Gasteiger partial charge in [0.2, 0.25) is 0 Å². The van der Waals surface area contributed by atoms with Crippen LogP contribution in [0, 0.1) is 0 Å². The molecule has 2 N–H and O–H groups in total. The van der Waals surface area contributed by atoms with Crippen LogP contribution in [0.5, 0.6) is 0 Å². The van der Waals surface area contributed by atoms with Crippen molar-refractivity contribution < 1.29 is 5.11 Å². The van der Waals surface area contributed by atoms with Crippen molar-refractivity contribution >= 4 is 5.69 Å². The summed E-state index contributed by atoms with van der Waals surface area (Å²) in [7, 11) is 0. The van der Waals surface area contributed by atoms with Gasteiger partial charge in [0.05, 0.1) is 11.6 Å². The molecule has 0 saturated heterocycles. The van der Waals surface area contributed by atoms with Crippen molar-refractivity contribution in [3.05, 3.63) is 29.8 Å². The molecule has 0 spiro atoms. The lowest BCUT2D eigenvalue weighted by molar-refractivity contribution is 0.0149. The summed E-state index contributed by atoms with van der Waals surface area (Å²) in [6, 6.07) is 8.48. The number of para-hydroxylation sites is 1. The van der Waals surface area contributed by atoms with Gasteiger partial charge in [-0.15, -0.1) is 0 Å². The summed E-state index contributed by atoms with van der Waals surface area (Å²) in [5.74, 6) is 0. The quantitative estimate of drug-likeness (QED) is 0.795. The Morgan fingerprint density at radius 3 is 2.60 bits per heavy atom. The van der Waals surface area contributed by atoms with Crippen molar-refractivity contribution in [1.29, 1.82) is 0 Å². The smallest absolute Gasteiger partial charge is 0.0845 e. The third-order valence-electron chi connectivity index (χ3n) is 3.64. The first-order valence-electron chi connectivity index (χ1n) is 5.76. The van der Waals surface area contributed by atoms with E-state index in [4.69, 9.17) is 0 Å². The summed E-state index contributed by atoms with van der Waals surface area (Å²) in [5.41, 5.74) is 1.93. The van der Waals surface area contributed by atoms with Gasteiger partial charge in [-0.3, -0.25) is 0 Å². The third-order valence-corrected chi connectivity index (χ3v) is 3.64. The van der Waals surface area contributed by atoms with E-state index in [1.807, 2.05) is 19.9 Å². The molecule has 2 nitrogen and oxygen atoms in total. The maximum absolute atomic E-state index is 10.4. The zero-order valence-electron chi connectivity index (χ0n) is 9.46. The maximum atomic E-state index is 10.4. The Bertz CT molecular complexity index is 319. The van der Waals surface area contributed by atoms with Gasteiger partial charge in [0, 0.05) is 5.69 Å². The first-order valence-corrected chi connectivity index (χ1v) is 5.76. The van der Waals surface area contributed by atoms with E-state index in [2.05, 4.69) is 23.5 Å². The second kappa shape index (κ2) is 3.86. The van der Waals surface area contributed by atoms with Crippen LogP contribution >= 0.6 is 0 Å². The molecule has 1 atom stereocenters. The van der Waals surface area contributed by atoms with Gasteiger partial charge < -0.3 is 10.4 Å². The minimum atomic E-state index is -0.570. The van der Waals surface area contributed by atoms with E-state index < -0.39 is 5.60 Å². The van der Waals surface area contributed by atoms with E-state index in [-0.39, 0.29) is 6.04 Å². The average molecular weight is 205 g/mol. The van der Waals surface area contributed by atoms with Crippen LogP contribution in [0.25, 0.3) is 0 Å². The van der Waals surface area contributed by atoms with Crippen LogP contribution in [0.4, 0.5) is 5.69 Å². The minimum Gasteiger partial charge on any atom is -0.388 e. The van der Waals surface area contributed by atoms with Gasteiger partial charge in [0.1, 0.15) is 0 Å². The molecule has 1 aromatic carbocycles. The molecule has 1 aromatic rings. The molecule has 1 aliphatic heterocycles. The van der Waals surface area contributed by atoms with Gasteiger partial charge in [-0.05, 0) is 30.9 Å². The number of hydrogen-bond acceptors (Lipinski definition) is 2. The number of benzene rings is 1. The lowest BCUT2D eigenvalue weighted by Crippen LogP contribution is -2.45. The number of anilines is 1. The van der Waals surface area contributed by atoms with Gasteiger partial charge in [-0.2, -0.15) is 0 Å². The second-order valence-electron chi connectivity index (χ2n) is 4.37. The SMILES string of the molecule is CCC(O)(CC)C1Cc2ccccc2N1. The van der Waals surface area contributed by atoms with Gasteiger partial charge >= 0.3 is 0 Å². The Morgan fingerprint density at radius 1 is 1.33 bits per heavy atom. The number of hydrogen-bond donors (Lipinski definition) is 2. The number of fused-ring (bicyclic) bond motifs is 1. The monoisotopic (exact) mass is 205 g/mol. The Kier molecular flexibility index (Phi) is 2.70. The van der Waals surface area contributed by atoms with Gasteiger partial charge in [0.15, 0.2) is 0 Å². The molecule has 2 heteroatoms. The summed E-state index contributed by atoms with van der Waals surface area (Å²) < 4.78 is 0. The molecule has 0 radical (unpaired) electrons. The largest absolute Gasteiger partial charge is 0.388 e. The number of aliphatic hydroxyl groups is 1. The van der Waals surface area contributed by atoms with Crippen LogP contribution < -0.4 is 5.32 Å². The van der Waals surface area contributed by atoms with Crippen LogP contribution in [0.1, 0.15) is 32.3 Å². The molecule has 0 bridgehead atoms. The van der Waals surface area contributed by atoms with E-state index in [0.717, 1.165) is 19.3 Å². The van der Waals surface area contributed by atoms with Crippen molar-refractivity contribution in [3.8, 4) is 0 Å². The van der Waals surface area contributed by atoms with Crippen molar-refractivity contribution in [1.82, 2.24) is 0 Å². The molecule has 82 valence electrons. The lowest BCUT2D eigenvalue weighted by Gasteiger charge is -2.32. The van der Waals surface area contributed by atoms with E-state index >= 15 is 0 Å². The number of nitrogens with one attached hydrogen (secondary N) is 1. The summed E-state index contributed by atoms with van der Waals surface area (Å²) >= 11 is 0. The first-order chi connectivity index (χ1) is 7.19. The predicted molar refractivity (Wildman–Crippen MR) is 63.1 cm³/mol. The van der Waals surface area contributed by atoms with Crippen LogP contribution in [0.2, 0.25) is 0 Å². The predicted octanol–water partition coefficient (Wildman–Crippen LogP) is 2.57. The Morgan fingerprint density at radius 2 is 2.00 bits per heavy atom. The van der Waals surface area contributed by atoms with Crippen LogP contribution in [-0.2, 0) is 6.42 Å². The van der Waals surface area contributed by atoms with Gasteiger partial charge in [0.25, 0.3) is 0 Å². The van der Waals surface area contributed by atoms with Crippen molar-refractivity contribution in [2.75, 3.05) is 5.32 Å². The molecule has 0 aliphatic carbocycles. The summed E-state index contributed by atoms with van der Waals surface area (Å²) in [6.45, 7) is 4.10. The van der Waals surface area contributed by atoms with Crippen molar-refractivity contribution in [3.63, 3.8) is 0 Å². The van der Waals surface area contributed by atoms with E-state index in [1.165, 1.54) is 11.3 Å². The Balaban J connectivity index is 2.19. The van der Waals surface area contributed by atoms with Gasteiger partial charge in [-0.25, -0.2) is 0 Å². The molecule has 15 heavy (non-hydrogen) atoms. The highest BCUT2D eigenvalue weighted by Crippen LogP contribution is 2.33. The van der Waals surface area contributed by atoms with E-state index in [1.54, 1.807) is 0 Å². The lowest BCUT2D eigenvalue weighted by atomic mass is 9.87. The maximum Gasteiger partial charge on any atom is 0.0845 e. The molecular formula is C13H19NO. The zero-order valence-corrected chi connectivity index (χ0v) is 9.46. The Labute approximate surface area is 91.3 Å². The molecular weight excluding hydrogens is 186 g/mol. The fraction of sp³-hybridized carbons (Fsp3) is 0.538. The Hall–Kier alpha value is -1.02. The van der Waals surface area contributed by atoms with E-state index in [9.17, 15) is 5.11 Å². The summed E-state index contributed by atoms with van der Waals surface area (Å²) in [6.07, 6.45) is 2.54. The molecule has 2 rings (SSSR count). The standard InChI is InChI=1S/C13H19NO/c1-3-13(15,4-2)12-9-10-7-5-6-8-11(10)14-12/h5-8,12,14-15H,3-4,9H2,1-2H3. The number of rotatable bonds is 3. The fourth-order valence-electron chi connectivity index (χ4n) is 2.36. The molecule has 0 amide bonds. The molecule has 1 unspecified atom stereocenters. The zero-order chi connectivity index (χ0) is 10.9. The average Bonchev–Trinajstić information content (AvgIpc) is 2.72. The van der Waals surface area contributed by atoms with Crippen molar-refractivity contribution in [2.24, 2.45) is 0 Å². The highest BCUT2D eigenvalue weighted by Gasteiger charge is 2.36. The molecule has 1 aliphatic rings. The topological polar surface area (TPSA) is 32.3 Å². The van der Waals surface area contributed by atoms with E-state index in [0.29, 0.717) is 0 Å². The highest BCUT2D eigenvalue weighted by molar-refractivity contribution is 5.57. The molecule has 0 aromatic heterocycles. The molecule has 0 fully saturated rings. The van der Waals surface area contributed by atoms with Crippen LogP contribution in [-0.4, -0.2) is 16.7 Å². The molecule has 0 saturated carbocycles. The summed E-state index contributed by atoms with van der Waals surface area (Å²) in [4.78, 5) is 0. The first kappa shape index (κ1) is 10.5. The fourth-order valence-corrected chi connectivity index (χ4v) is 2.36. The second-order valence-corrected chi connectivity index (χ2v) is 4.37. The normalized spacial score (nSPS) is 19.8. The minimum absolute atomic E-state index is 0.171. The highest BCUT2D eigenvalue weighted by atomic mass is 16.3. The summed E-state index contributed by atoms with van der Waals surface area (Å²) in [5, 5.41) is 13.9. The van der Waals surface area contributed by atoms with Crippen molar-refractivity contribution in [2.45, 2.75) is 44.8 Å². The van der Waals surface area contributed by atoms with Crippen LogP contribution in [0.3, 0.4) is 0 Å². The third kappa shape index (κ3) is 1.74. The van der Waals surface area contributed by atoms with Crippen LogP contribution in [0.15, 0.2) is 24.3 Å². The van der Waals surface area contributed by atoms with Gasteiger partial charge in [-0.1, -0.05) is 32.0 Å². The molecule has 1 heterocycles.